The SMILES string of the molecule is CC(=O)Nc1cc2c(cc1Cl)C(=O)CC(c1ncccc1F)O2. The molecule has 1 aromatic heterocycles. The van der Waals surface area contributed by atoms with Crippen molar-refractivity contribution in [3.8, 4) is 5.75 Å². The minimum absolute atomic E-state index is 0.0310. The third-order valence-electron chi connectivity index (χ3n) is 3.41. The van der Waals surface area contributed by atoms with Gasteiger partial charge >= 0.3 is 0 Å². The van der Waals surface area contributed by atoms with Gasteiger partial charge in [0.2, 0.25) is 5.91 Å². The van der Waals surface area contributed by atoms with Crippen molar-refractivity contribution in [2.75, 3.05) is 5.32 Å². The molecule has 3 rings (SSSR count). The Labute approximate surface area is 136 Å². The molecule has 1 unspecified atom stereocenters. The summed E-state index contributed by atoms with van der Waals surface area (Å²) in [4.78, 5) is 27.4. The number of carbonyl (C=O) groups excluding carboxylic acids is 2. The molecule has 0 bridgehead atoms. The predicted molar refractivity (Wildman–Crippen MR) is 82.3 cm³/mol. The fraction of sp³-hybridized carbons (Fsp3) is 0.188. The predicted octanol–water partition coefficient (Wildman–Crippen LogP) is 3.54. The van der Waals surface area contributed by atoms with Crippen molar-refractivity contribution in [3.63, 3.8) is 0 Å². The number of amides is 1. The maximum atomic E-state index is 13.9. The van der Waals surface area contributed by atoms with Gasteiger partial charge in [0.25, 0.3) is 0 Å². The highest BCUT2D eigenvalue weighted by Gasteiger charge is 2.31. The second-order valence-corrected chi connectivity index (χ2v) is 5.52. The lowest BCUT2D eigenvalue weighted by molar-refractivity contribution is -0.114. The number of ketones is 1. The molecule has 23 heavy (non-hydrogen) atoms. The van der Waals surface area contributed by atoms with E-state index < -0.39 is 11.9 Å². The largest absolute Gasteiger partial charge is 0.483 e. The first-order valence-electron chi connectivity index (χ1n) is 6.87. The van der Waals surface area contributed by atoms with Gasteiger partial charge in [0, 0.05) is 19.2 Å². The van der Waals surface area contributed by atoms with Crippen molar-refractivity contribution in [2.24, 2.45) is 0 Å². The van der Waals surface area contributed by atoms with Crippen LogP contribution < -0.4 is 10.1 Å². The van der Waals surface area contributed by atoms with Gasteiger partial charge in [-0.2, -0.15) is 0 Å². The van der Waals surface area contributed by atoms with Crippen LogP contribution in [0.2, 0.25) is 5.02 Å². The van der Waals surface area contributed by atoms with E-state index in [9.17, 15) is 14.0 Å². The number of hydrogen-bond acceptors (Lipinski definition) is 4. The number of fused-ring (bicyclic) bond motifs is 1. The molecule has 0 radical (unpaired) electrons. The van der Waals surface area contributed by atoms with Gasteiger partial charge in [0.05, 0.1) is 22.7 Å². The van der Waals surface area contributed by atoms with Gasteiger partial charge in [0.15, 0.2) is 11.9 Å². The molecule has 1 aliphatic rings. The lowest BCUT2D eigenvalue weighted by atomic mass is 9.98. The molecular weight excluding hydrogens is 323 g/mol. The van der Waals surface area contributed by atoms with E-state index in [0.717, 1.165) is 0 Å². The van der Waals surface area contributed by atoms with Gasteiger partial charge in [0.1, 0.15) is 17.3 Å². The van der Waals surface area contributed by atoms with E-state index in [0.29, 0.717) is 11.3 Å². The normalized spacial score (nSPS) is 16.5. The Morgan fingerprint density at radius 1 is 1.48 bits per heavy atom. The minimum Gasteiger partial charge on any atom is -0.483 e. The standard InChI is InChI=1S/C16H12ClFN2O3/c1-8(21)20-12-6-14-9(5-10(12)17)13(22)7-15(23-14)16-11(18)3-2-4-19-16/h2-6,15H,7H2,1H3,(H,20,21). The number of benzene rings is 1. The Hall–Kier alpha value is -2.47. The zero-order valence-corrected chi connectivity index (χ0v) is 12.9. The first-order chi connectivity index (χ1) is 11.0. The van der Waals surface area contributed by atoms with Gasteiger partial charge in [-0.25, -0.2) is 4.39 Å². The summed E-state index contributed by atoms with van der Waals surface area (Å²) in [5.41, 5.74) is 0.701. The van der Waals surface area contributed by atoms with E-state index >= 15 is 0 Å². The van der Waals surface area contributed by atoms with Gasteiger partial charge in [-0.1, -0.05) is 11.6 Å². The summed E-state index contributed by atoms with van der Waals surface area (Å²) in [6.45, 7) is 1.34. The minimum atomic E-state index is -0.817. The van der Waals surface area contributed by atoms with Gasteiger partial charge in [-0.15, -0.1) is 0 Å². The van der Waals surface area contributed by atoms with Crippen LogP contribution in [0.25, 0.3) is 0 Å². The van der Waals surface area contributed by atoms with Crippen LogP contribution in [0.5, 0.6) is 5.75 Å². The maximum Gasteiger partial charge on any atom is 0.221 e. The summed E-state index contributed by atoms with van der Waals surface area (Å²) < 4.78 is 19.6. The smallest absolute Gasteiger partial charge is 0.221 e. The van der Waals surface area contributed by atoms with E-state index in [1.165, 1.54) is 37.4 Å². The number of carbonyl (C=O) groups is 2. The van der Waals surface area contributed by atoms with Crippen LogP contribution in [0, 0.1) is 5.82 Å². The highest BCUT2D eigenvalue weighted by Crippen LogP contribution is 2.39. The summed E-state index contributed by atoms with van der Waals surface area (Å²) in [7, 11) is 0. The number of pyridine rings is 1. The van der Waals surface area contributed by atoms with Crippen LogP contribution in [-0.2, 0) is 4.79 Å². The third-order valence-corrected chi connectivity index (χ3v) is 3.73. The molecule has 1 aromatic carbocycles. The molecule has 118 valence electrons. The highest BCUT2D eigenvalue weighted by molar-refractivity contribution is 6.34. The Bertz CT molecular complexity index is 810. The molecule has 1 amide bonds. The molecule has 7 heteroatoms. The molecule has 2 heterocycles. The van der Waals surface area contributed by atoms with Crippen molar-refractivity contribution >= 4 is 29.0 Å². The molecule has 0 aliphatic carbocycles. The van der Waals surface area contributed by atoms with Crippen molar-refractivity contribution < 1.29 is 18.7 Å². The second kappa shape index (κ2) is 5.96. The Kier molecular flexibility index (Phi) is 4.00. The van der Waals surface area contributed by atoms with E-state index in [2.05, 4.69) is 10.3 Å². The van der Waals surface area contributed by atoms with E-state index in [1.807, 2.05) is 0 Å². The fourth-order valence-electron chi connectivity index (χ4n) is 2.41. The van der Waals surface area contributed by atoms with Crippen molar-refractivity contribution in [1.29, 1.82) is 0 Å². The summed E-state index contributed by atoms with van der Waals surface area (Å²) in [5.74, 6) is -0.826. The van der Waals surface area contributed by atoms with Crippen LogP contribution in [0.1, 0.15) is 35.5 Å². The number of aromatic nitrogens is 1. The monoisotopic (exact) mass is 334 g/mol. The number of rotatable bonds is 2. The Balaban J connectivity index is 2.00. The third kappa shape index (κ3) is 3.03. The summed E-state index contributed by atoms with van der Waals surface area (Å²) in [5, 5.41) is 2.79. The number of hydrogen-bond donors (Lipinski definition) is 1. The summed E-state index contributed by atoms with van der Waals surface area (Å²) in [6, 6.07) is 5.63. The van der Waals surface area contributed by atoms with E-state index in [4.69, 9.17) is 16.3 Å². The maximum absolute atomic E-state index is 13.9. The average molecular weight is 335 g/mol. The molecule has 1 atom stereocenters. The van der Waals surface area contributed by atoms with Crippen molar-refractivity contribution in [1.82, 2.24) is 4.98 Å². The average Bonchev–Trinajstić information content (AvgIpc) is 2.49. The molecule has 0 fully saturated rings. The summed E-state index contributed by atoms with van der Waals surface area (Å²) >= 11 is 6.05. The topological polar surface area (TPSA) is 68.3 Å². The highest BCUT2D eigenvalue weighted by atomic mass is 35.5. The first-order valence-corrected chi connectivity index (χ1v) is 7.25. The molecule has 1 aliphatic heterocycles. The van der Waals surface area contributed by atoms with E-state index in [1.54, 1.807) is 0 Å². The number of ether oxygens (including phenoxy) is 1. The number of Topliss-reactive ketones (excluding diaryl/α,β-unsaturated/α-hetero) is 1. The van der Waals surface area contributed by atoms with Crippen molar-refractivity contribution in [3.05, 3.63) is 52.6 Å². The lowest BCUT2D eigenvalue weighted by Crippen LogP contribution is -2.22. The molecule has 0 saturated heterocycles. The lowest BCUT2D eigenvalue weighted by Gasteiger charge is -2.25. The van der Waals surface area contributed by atoms with Gasteiger partial charge < -0.3 is 10.1 Å². The molecule has 5 nitrogen and oxygen atoms in total. The number of halogens is 2. The van der Waals surface area contributed by atoms with Crippen LogP contribution in [-0.4, -0.2) is 16.7 Å². The molecule has 2 aromatic rings. The number of nitrogens with one attached hydrogen (secondary N) is 1. The first kappa shape index (κ1) is 15.4. The quantitative estimate of drug-likeness (QED) is 0.912. The van der Waals surface area contributed by atoms with Gasteiger partial charge in [-0.3, -0.25) is 14.6 Å². The molecule has 0 spiro atoms. The number of anilines is 1. The second-order valence-electron chi connectivity index (χ2n) is 5.11. The number of nitrogens with zero attached hydrogens (tertiary/aromatic N) is 1. The van der Waals surface area contributed by atoms with Crippen LogP contribution >= 0.6 is 11.6 Å². The fourth-order valence-corrected chi connectivity index (χ4v) is 2.63. The van der Waals surface area contributed by atoms with Gasteiger partial charge in [-0.05, 0) is 18.2 Å². The zero-order chi connectivity index (χ0) is 16.6. The Morgan fingerprint density at radius 2 is 2.26 bits per heavy atom. The molecule has 1 N–H and O–H groups in total. The zero-order valence-electron chi connectivity index (χ0n) is 12.1. The summed E-state index contributed by atoms with van der Waals surface area (Å²) in [6.07, 6.45) is 0.589. The van der Waals surface area contributed by atoms with Crippen molar-refractivity contribution in [2.45, 2.75) is 19.4 Å². The Morgan fingerprint density at radius 3 is 2.96 bits per heavy atom. The molecule has 0 saturated carbocycles. The van der Waals surface area contributed by atoms with E-state index in [-0.39, 0.29) is 34.6 Å². The van der Waals surface area contributed by atoms with Crippen LogP contribution in [0.15, 0.2) is 30.5 Å². The van der Waals surface area contributed by atoms with Crippen LogP contribution in [0.4, 0.5) is 10.1 Å². The molecular formula is C16H12ClFN2O3. The van der Waals surface area contributed by atoms with Crippen LogP contribution in [0.3, 0.4) is 0 Å².